The lowest BCUT2D eigenvalue weighted by Gasteiger charge is -2.11. The fraction of sp³-hybridized carbons (Fsp3) is 0.0714. The van der Waals surface area contributed by atoms with E-state index in [-0.39, 0.29) is 6.03 Å². The molecule has 0 heterocycles. The smallest absolute Gasteiger partial charge is 0.318 e. The maximum atomic E-state index is 11.3. The number of amides is 2. The highest BCUT2D eigenvalue weighted by molar-refractivity contribution is 7.99. The van der Waals surface area contributed by atoms with Gasteiger partial charge in [0.05, 0.1) is 15.1 Å². The molecule has 2 aromatic carbocycles. The van der Waals surface area contributed by atoms with Gasteiger partial charge in [0.15, 0.2) is 0 Å². The maximum absolute atomic E-state index is 11.3. The molecule has 0 saturated heterocycles. The lowest BCUT2D eigenvalue weighted by atomic mass is 10.3. The largest absolute Gasteiger partial charge is 0.341 e. The van der Waals surface area contributed by atoms with E-state index >= 15 is 0 Å². The summed E-state index contributed by atoms with van der Waals surface area (Å²) in [7, 11) is 1.52. The van der Waals surface area contributed by atoms with Gasteiger partial charge in [0, 0.05) is 27.5 Å². The van der Waals surface area contributed by atoms with Crippen molar-refractivity contribution in [2.75, 3.05) is 12.4 Å². The maximum Gasteiger partial charge on any atom is 0.318 e. The van der Waals surface area contributed by atoms with E-state index < -0.39 is 0 Å². The molecule has 0 saturated carbocycles. The van der Waals surface area contributed by atoms with Crippen LogP contribution in [0.3, 0.4) is 0 Å². The molecule has 0 fully saturated rings. The van der Waals surface area contributed by atoms with E-state index in [9.17, 15) is 4.79 Å². The summed E-state index contributed by atoms with van der Waals surface area (Å²) in [5.74, 6) is 0. The topological polar surface area (TPSA) is 41.1 Å². The number of anilines is 1. The van der Waals surface area contributed by atoms with Gasteiger partial charge in [0.1, 0.15) is 0 Å². The van der Waals surface area contributed by atoms with Gasteiger partial charge in [-0.3, -0.25) is 0 Å². The van der Waals surface area contributed by atoms with Crippen LogP contribution in [0.25, 0.3) is 0 Å². The molecule has 0 spiro atoms. The van der Waals surface area contributed by atoms with Crippen molar-refractivity contribution >= 4 is 69.9 Å². The molecule has 0 bridgehead atoms. The van der Waals surface area contributed by atoms with Gasteiger partial charge in [-0.25, -0.2) is 4.79 Å². The molecule has 0 unspecified atom stereocenters. The summed E-state index contributed by atoms with van der Waals surface area (Å²) in [6.45, 7) is 0. The number of carbonyl (C=O) groups excluding carboxylic acids is 1. The molecule has 0 aliphatic rings. The van der Waals surface area contributed by atoms with Crippen molar-refractivity contribution < 1.29 is 4.79 Å². The first-order valence-electron chi connectivity index (χ1n) is 6.01. The number of hydrogen-bond donors (Lipinski definition) is 2. The second-order valence-corrected chi connectivity index (χ2v) is 6.86. The quantitative estimate of drug-likeness (QED) is 0.649. The SMILES string of the molecule is CNC(=O)Nc1cc(Cl)c(Sc2ccc(Cl)cc2Cl)c(Cl)c1. The molecule has 0 radical (unpaired) electrons. The normalized spacial score (nSPS) is 10.4. The van der Waals surface area contributed by atoms with Gasteiger partial charge in [0.2, 0.25) is 0 Å². The van der Waals surface area contributed by atoms with Crippen LogP contribution < -0.4 is 10.6 Å². The van der Waals surface area contributed by atoms with E-state index in [4.69, 9.17) is 46.4 Å². The fourth-order valence-electron chi connectivity index (χ4n) is 1.59. The third kappa shape index (κ3) is 4.37. The minimum atomic E-state index is -0.353. The number of nitrogens with one attached hydrogen (secondary N) is 2. The van der Waals surface area contributed by atoms with Crippen molar-refractivity contribution in [1.29, 1.82) is 0 Å². The monoisotopic (exact) mass is 394 g/mol. The number of benzene rings is 2. The van der Waals surface area contributed by atoms with Crippen molar-refractivity contribution in [3.05, 3.63) is 50.4 Å². The highest BCUT2D eigenvalue weighted by Crippen LogP contribution is 2.43. The molecule has 0 aliphatic heterocycles. The summed E-state index contributed by atoms with van der Waals surface area (Å²) in [5, 5.41) is 6.95. The van der Waals surface area contributed by atoms with Gasteiger partial charge in [-0.15, -0.1) is 0 Å². The first-order valence-corrected chi connectivity index (χ1v) is 8.34. The number of hydrogen-bond acceptors (Lipinski definition) is 2. The van der Waals surface area contributed by atoms with Crippen LogP contribution in [0.5, 0.6) is 0 Å². The number of halogens is 4. The van der Waals surface area contributed by atoms with E-state index in [0.29, 0.717) is 30.7 Å². The van der Waals surface area contributed by atoms with E-state index in [2.05, 4.69) is 10.6 Å². The molecule has 2 amide bonds. The molecule has 116 valence electrons. The average molecular weight is 396 g/mol. The molecule has 0 aliphatic carbocycles. The number of rotatable bonds is 3. The second-order valence-electron chi connectivity index (χ2n) is 4.15. The fourth-order valence-corrected chi connectivity index (χ4v) is 3.66. The Bertz CT molecular complexity index is 701. The predicted octanol–water partition coefficient (Wildman–Crippen LogP) is 6.20. The van der Waals surface area contributed by atoms with Crippen LogP contribution in [-0.4, -0.2) is 13.1 Å². The summed E-state index contributed by atoms with van der Waals surface area (Å²) >= 11 is 25.8. The molecule has 2 N–H and O–H groups in total. The average Bonchev–Trinajstić information content (AvgIpc) is 2.44. The first-order chi connectivity index (χ1) is 10.4. The van der Waals surface area contributed by atoms with Crippen LogP contribution in [0.4, 0.5) is 10.5 Å². The van der Waals surface area contributed by atoms with Crippen molar-refractivity contribution in [1.82, 2.24) is 5.32 Å². The summed E-state index contributed by atoms with van der Waals surface area (Å²) in [5.41, 5.74) is 0.501. The second kappa shape index (κ2) is 7.66. The van der Waals surface area contributed by atoms with Gasteiger partial charge in [0.25, 0.3) is 0 Å². The van der Waals surface area contributed by atoms with Gasteiger partial charge >= 0.3 is 6.03 Å². The van der Waals surface area contributed by atoms with Crippen LogP contribution in [-0.2, 0) is 0 Å². The summed E-state index contributed by atoms with van der Waals surface area (Å²) in [6, 6.07) is 8.06. The lowest BCUT2D eigenvalue weighted by molar-refractivity contribution is 0.254. The third-order valence-corrected chi connectivity index (χ3v) is 5.29. The molecule has 0 aromatic heterocycles. The highest BCUT2D eigenvalue weighted by atomic mass is 35.5. The molecule has 8 heteroatoms. The Balaban J connectivity index is 2.30. The van der Waals surface area contributed by atoms with E-state index in [1.165, 1.54) is 18.8 Å². The van der Waals surface area contributed by atoms with E-state index in [0.717, 1.165) is 4.90 Å². The Morgan fingerprint density at radius 2 is 1.64 bits per heavy atom. The van der Waals surface area contributed by atoms with E-state index in [1.807, 2.05) is 0 Å². The highest BCUT2D eigenvalue weighted by Gasteiger charge is 2.13. The summed E-state index contributed by atoms with van der Waals surface area (Å²) in [6.07, 6.45) is 0. The molecule has 22 heavy (non-hydrogen) atoms. The molecule has 2 aromatic rings. The Morgan fingerprint density at radius 3 is 2.18 bits per heavy atom. The minimum absolute atomic E-state index is 0.353. The Labute approximate surface area is 152 Å². The van der Waals surface area contributed by atoms with Crippen molar-refractivity contribution in [3.8, 4) is 0 Å². The Kier molecular flexibility index (Phi) is 6.12. The molecular weight excluding hydrogens is 386 g/mol. The van der Waals surface area contributed by atoms with Crippen LogP contribution in [0, 0.1) is 0 Å². The molecule has 3 nitrogen and oxygen atoms in total. The van der Waals surface area contributed by atoms with Crippen molar-refractivity contribution in [3.63, 3.8) is 0 Å². The van der Waals surface area contributed by atoms with Gasteiger partial charge in [-0.05, 0) is 30.3 Å². The standard InChI is InChI=1S/C14H10Cl4N2OS/c1-19-14(21)20-8-5-10(17)13(11(18)6-8)22-12-3-2-7(15)4-9(12)16/h2-6H,1H3,(H2,19,20,21). The van der Waals surface area contributed by atoms with Crippen LogP contribution in [0.1, 0.15) is 0 Å². The van der Waals surface area contributed by atoms with Gasteiger partial charge in [-0.2, -0.15) is 0 Å². The van der Waals surface area contributed by atoms with Crippen LogP contribution in [0.15, 0.2) is 40.1 Å². The zero-order valence-electron chi connectivity index (χ0n) is 11.2. The summed E-state index contributed by atoms with van der Waals surface area (Å²) < 4.78 is 0. The van der Waals surface area contributed by atoms with Crippen LogP contribution >= 0.6 is 58.2 Å². The van der Waals surface area contributed by atoms with Crippen molar-refractivity contribution in [2.24, 2.45) is 0 Å². The van der Waals surface area contributed by atoms with Crippen LogP contribution in [0.2, 0.25) is 20.1 Å². The lowest BCUT2D eigenvalue weighted by Crippen LogP contribution is -2.24. The predicted molar refractivity (Wildman–Crippen MR) is 95.1 cm³/mol. The zero-order valence-corrected chi connectivity index (χ0v) is 15.1. The third-order valence-electron chi connectivity index (χ3n) is 2.59. The molecule has 2 rings (SSSR count). The minimum Gasteiger partial charge on any atom is -0.341 e. The van der Waals surface area contributed by atoms with Crippen molar-refractivity contribution in [2.45, 2.75) is 9.79 Å². The zero-order chi connectivity index (χ0) is 16.3. The van der Waals surface area contributed by atoms with Gasteiger partial charge < -0.3 is 10.6 Å². The molecular formula is C14H10Cl4N2OS. The van der Waals surface area contributed by atoms with Gasteiger partial charge in [-0.1, -0.05) is 58.2 Å². The molecule has 0 atom stereocenters. The number of carbonyl (C=O) groups is 1. The first kappa shape index (κ1) is 17.6. The summed E-state index contributed by atoms with van der Waals surface area (Å²) in [4.78, 5) is 12.7. The number of urea groups is 1. The Hall–Kier alpha value is -0.780. The van der Waals surface area contributed by atoms with E-state index in [1.54, 1.807) is 30.3 Å². The Morgan fingerprint density at radius 1 is 1.00 bits per heavy atom.